The van der Waals surface area contributed by atoms with Crippen LogP contribution in [-0.4, -0.2) is 25.3 Å². The van der Waals surface area contributed by atoms with Crippen LogP contribution >= 0.6 is 31.9 Å². The largest absolute Gasteiger partial charge is 0.493 e. The zero-order valence-corrected chi connectivity index (χ0v) is 18.3. The smallest absolute Gasteiger partial charge is 0.277 e. The first kappa shape index (κ1) is 20.4. The summed E-state index contributed by atoms with van der Waals surface area (Å²) in [5, 5.41) is 6.11. The van der Waals surface area contributed by atoms with Crippen molar-refractivity contribution in [3.05, 3.63) is 69.1 Å². The van der Waals surface area contributed by atoms with Gasteiger partial charge in [-0.25, -0.2) is 5.43 Å². The Morgan fingerprint density at radius 3 is 2.68 bits per heavy atom. The molecule has 0 atom stereocenters. The summed E-state index contributed by atoms with van der Waals surface area (Å²) in [5.41, 5.74) is 3.23. The highest BCUT2D eigenvalue weighted by Crippen LogP contribution is 2.32. The second-order valence-electron chi connectivity index (χ2n) is 5.80. The number of carbonyl (C=O) groups is 1. The summed E-state index contributed by atoms with van der Waals surface area (Å²) in [6.45, 7) is 2.31. The molecule has 0 aromatic heterocycles. The van der Waals surface area contributed by atoms with E-state index in [1.807, 2.05) is 61.5 Å². The SMILES string of the molecule is CCOc1ccc(Br)cc1/C=N/NC(=O)COc1ccc2ccccc2c1Br. The molecule has 0 bridgehead atoms. The first-order valence-electron chi connectivity index (χ1n) is 8.62. The number of halogens is 2. The minimum Gasteiger partial charge on any atom is -0.493 e. The normalized spacial score (nSPS) is 11.0. The molecule has 0 aliphatic rings. The monoisotopic (exact) mass is 504 g/mol. The average Bonchev–Trinajstić information content (AvgIpc) is 2.70. The lowest BCUT2D eigenvalue weighted by atomic mass is 10.1. The summed E-state index contributed by atoms with van der Waals surface area (Å²) in [4.78, 5) is 12.1. The van der Waals surface area contributed by atoms with Crippen molar-refractivity contribution in [1.82, 2.24) is 5.43 Å². The molecule has 0 saturated carbocycles. The lowest BCUT2D eigenvalue weighted by molar-refractivity contribution is -0.123. The predicted octanol–water partition coefficient (Wildman–Crippen LogP) is 5.29. The van der Waals surface area contributed by atoms with E-state index in [0.717, 1.165) is 25.3 Å². The van der Waals surface area contributed by atoms with E-state index in [2.05, 4.69) is 42.4 Å². The van der Waals surface area contributed by atoms with E-state index < -0.39 is 0 Å². The fraction of sp³-hybridized carbons (Fsp3) is 0.143. The first-order valence-corrected chi connectivity index (χ1v) is 10.2. The summed E-state index contributed by atoms with van der Waals surface area (Å²) in [7, 11) is 0. The summed E-state index contributed by atoms with van der Waals surface area (Å²) < 4.78 is 12.9. The molecule has 3 aromatic carbocycles. The van der Waals surface area contributed by atoms with Gasteiger partial charge in [0, 0.05) is 10.0 Å². The Kier molecular flexibility index (Phi) is 7.06. The summed E-state index contributed by atoms with van der Waals surface area (Å²) in [6.07, 6.45) is 1.54. The van der Waals surface area contributed by atoms with Crippen molar-refractivity contribution in [1.29, 1.82) is 0 Å². The number of ether oxygens (including phenoxy) is 2. The van der Waals surface area contributed by atoms with Crippen molar-refractivity contribution in [2.24, 2.45) is 5.10 Å². The molecule has 0 aliphatic heterocycles. The highest BCUT2D eigenvalue weighted by atomic mass is 79.9. The molecule has 0 fully saturated rings. The van der Waals surface area contributed by atoms with Crippen molar-refractivity contribution in [2.45, 2.75) is 6.92 Å². The second kappa shape index (κ2) is 9.71. The summed E-state index contributed by atoms with van der Waals surface area (Å²) in [5.74, 6) is 0.938. The van der Waals surface area contributed by atoms with E-state index >= 15 is 0 Å². The molecule has 0 spiro atoms. The number of benzene rings is 3. The Labute approximate surface area is 180 Å². The molecular weight excluding hydrogens is 488 g/mol. The molecule has 3 rings (SSSR count). The molecule has 1 amide bonds. The van der Waals surface area contributed by atoms with Gasteiger partial charge in [-0.05, 0) is 57.9 Å². The van der Waals surface area contributed by atoms with Gasteiger partial charge < -0.3 is 9.47 Å². The average molecular weight is 506 g/mol. The number of nitrogens with one attached hydrogen (secondary N) is 1. The Morgan fingerprint density at radius 2 is 1.86 bits per heavy atom. The number of hydrogen-bond donors (Lipinski definition) is 1. The van der Waals surface area contributed by atoms with Gasteiger partial charge in [-0.3, -0.25) is 4.79 Å². The Hall–Kier alpha value is -2.38. The zero-order chi connectivity index (χ0) is 19.9. The third kappa shape index (κ3) is 5.11. The fourth-order valence-electron chi connectivity index (χ4n) is 2.58. The molecule has 0 radical (unpaired) electrons. The lowest BCUT2D eigenvalue weighted by Crippen LogP contribution is -2.24. The van der Waals surface area contributed by atoms with Crippen LogP contribution in [0.1, 0.15) is 12.5 Å². The van der Waals surface area contributed by atoms with E-state index in [0.29, 0.717) is 18.1 Å². The molecule has 0 aliphatic carbocycles. The van der Waals surface area contributed by atoms with Gasteiger partial charge in [-0.2, -0.15) is 5.10 Å². The molecule has 0 saturated heterocycles. The maximum absolute atomic E-state index is 12.1. The molecule has 28 heavy (non-hydrogen) atoms. The van der Waals surface area contributed by atoms with Crippen molar-refractivity contribution in [2.75, 3.05) is 13.2 Å². The van der Waals surface area contributed by atoms with Crippen molar-refractivity contribution in [3.8, 4) is 11.5 Å². The third-order valence-corrected chi connectivity index (χ3v) is 5.16. The maximum Gasteiger partial charge on any atom is 0.277 e. The molecule has 0 unspecified atom stereocenters. The molecule has 3 aromatic rings. The molecule has 5 nitrogen and oxygen atoms in total. The number of hydrazone groups is 1. The van der Waals surface area contributed by atoms with Gasteiger partial charge in [0.15, 0.2) is 6.61 Å². The number of nitrogens with zero attached hydrogens (tertiary/aromatic N) is 1. The van der Waals surface area contributed by atoms with Crippen LogP contribution in [-0.2, 0) is 4.79 Å². The Morgan fingerprint density at radius 1 is 1.07 bits per heavy atom. The fourth-order valence-corrected chi connectivity index (χ4v) is 3.57. The molecule has 0 heterocycles. The van der Waals surface area contributed by atoms with Crippen LogP contribution in [0.15, 0.2) is 68.6 Å². The molecule has 7 heteroatoms. The number of carbonyl (C=O) groups excluding carboxylic acids is 1. The number of fused-ring (bicyclic) bond motifs is 1. The van der Waals surface area contributed by atoms with Crippen LogP contribution < -0.4 is 14.9 Å². The highest BCUT2D eigenvalue weighted by molar-refractivity contribution is 9.11. The van der Waals surface area contributed by atoms with Crippen LogP contribution in [0.25, 0.3) is 10.8 Å². The van der Waals surface area contributed by atoms with E-state index in [1.54, 1.807) is 6.21 Å². The van der Waals surface area contributed by atoms with E-state index in [4.69, 9.17) is 9.47 Å². The number of amides is 1. The quantitative estimate of drug-likeness (QED) is 0.350. The van der Waals surface area contributed by atoms with Gasteiger partial charge in [-0.15, -0.1) is 0 Å². The second-order valence-corrected chi connectivity index (χ2v) is 7.50. The van der Waals surface area contributed by atoms with Crippen LogP contribution in [0, 0.1) is 0 Å². The van der Waals surface area contributed by atoms with E-state index in [9.17, 15) is 4.79 Å². The number of hydrogen-bond acceptors (Lipinski definition) is 4. The Bertz CT molecular complexity index is 1020. The van der Waals surface area contributed by atoms with E-state index in [1.165, 1.54) is 0 Å². The minimum atomic E-state index is -0.357. The van der Waals surface area contributed by atoms with Crippen molar-refractivity contribution < 1.29 is 14.3 Å². The zero-order valence-electron chi connectivity index (χ0n) is 15.1. The lowest BCUT2D eigenvalue weighted by Gasteiger charge is -2.10. The van der Waals surface area contributed by atoms with E-state index in [-0.39, 0.29) is 12.5 Å². The van der Waals surface area contributed by atoms with Crippen molar-refractivity contribution >= 4 is 54.8 Å². The first-order chi connectivity index (χ1) is 13.6. The molecule has 1 N–H and O–H groups in total. The summed E-state index contributed by atoms with van der Waals surface area (Å²) in [6, 6.07) is 17.3. The number of rotatable bonds is 7. The van der Waals surface area contributed by atoms with Crippen LogP contribution in [0.5, 0.6) is 11.5 Å². The highest BCUT2D eigenvalue weighted by Gasteiger charge is 2.08. The van der Waals surface area contributed by atoms with Gasteiger partial charge in [0.1, 0.15) is 11.5 Å². The Balaban J connectivity index is 1.60. The van der Waals surface area contributed by atoms with Gasteiger partial charge >= 0.3 is 0 Å². The molecule has 144 valence electrons. The van der Waals surface area contributed by atoms with Crippen LogP contribution in [0.2, 0.25) is 0 Å². The molecular formula is C21H18Br2N2O3. The third-order valence-electron chi connectivity index (χ3n) is 3.85. The van der Waals surface area contributed by atoms with Crippen LogP contribution in [0.3, 0.4) is 0 Å². The maximum atomic E-state index is 12.1. The topological polar surface area (TPSA) is 59.9 Å². The van der Waals surface area contributed by atoms with Gasteiger partial charge in [-0.1, -0.05) is 46.3 Å². The van der Waals surface area contributed by atoms with Gasteiger partial charge in [0.05, 0.1) is 17.3 Å². The van der Waals surface area contributed by atoms with Crippen molar-refractivity contribution in [3.63, 3.8) is 0 Å². The van der Waals surface area contributed by atoms with Gasteiger partial charge in [0.25, 0.3) is 5.91 Å². The summed E-state index contributed by atoms with van der Waals surface area (Å²) >= 11 is 6.95. The van der Waals surface area contributed by atoms with Gasteiger partial charge in [0.2, 0.25) is 0 Å². The van der Waals surface area contributed by atoms with Crippen LogP contribution in [0.4, 0.5) is 0 Å². The minimum absolute atomic E-state index is 0.148. The standard InChI is InChI=1S/C21H18Br2N2O3/c1-2-27-18-10-8-16(22)11-15(18)12-24-25-20(26)13-28-19-9-7-14-5-3-4-6-17(14)21(19)23/h3-12H,2,13H2,1H3,(H,25,26)/b24-12+. The predicted molar refractivity (Wildman–Crippen MR) is 118 cm³/mol.